The fourth-order valence-electron chi connectivity index (χ4n) is 3.13. The zero-order valence-electron chi connectivity index (χ0n) is 14.4. The van der Waals surface area contributed by atoms with Crippen LogP contribution in [0.1, 0.15) is 18.5 Å². The maximum atomic E-state index is 12.3. The van der Waals surface area contributed by atoms with Gasteiger partial charge in [-0.1, -0.05) is 29.8 Å². The number of aromatic nitrogens is 1. The molecule has 1 aromatic heterocycles. The molecule has 26 heavy (non-hydrogen) atoms. The van der Waals surface area contributed by atoms with Crippen molar-refractivity contribution in [1.82, 2.24) is 9.88 Å². The molecule has 1 fully saturated rings. The predicted octanol–water partition coefficient (Wildman–Crippen LogP) is 2.12. The number of aryl methyl sites for hydroxylation is 1. The number of carbonyl (C=O) groups is 2. The number of halogens is 1. The molecule has 6 nitrogen and oxygen atoms in total. The summed E-state index contributed by atoms with van der Waals surface area (Å²) < 4.78 is 1.56. The Morgan fingerprint density at radius 2 is 1.96 bits per heavy atom. The molecule has 3 rings (SSSR count). The SMILES string of the molecule is Cc1cccc(=O)n1CCC(=O)N[C@H]1CC(=O)N(c2ccccc2Cl)C1. The normalized spacial score (nSPS) is 16.8. The molecule has 0 saturated carbocycles. The van der Waals surface area contributed by atoms with Crippen molar-refractivity contribution in [2.45, 2.75) is 32.4 Å². The molecule has 1 saturated heterocycles. The summed E-state index contributed by atoms with van der Waals surface area (Å²) in [4.78, 5) is 37.9. The Hall–Kier alpha value is -2.60. The van der Waals surface area contributed by atoms with E-state index in [2.05, 4.69) is 5.32 Å². The van der Waals surface area contributed by atoms with Crippen LogP contribution in [0.15, 0.2) is 47.3 Å². The standard InChI is InChI=1S/C19H20ClN3O3/c1-13-5-4-8-18(25)22(13)10-9-17(24)21-14-11-19(26)23(12-14)16-7-3-2-6-15(16)20/h2-8,14H,9-12H2,1H3,(H,21,24)/t14-/m0/s1. The highest BCUT2D eigenvalue weighted by Crippen LogP contribution is 2.28. The number of rotatable bonds is 5. The molecule has 0 spiro atoms. The number of benzene rings is 1. The number of amides is 2. The number of anilines is 1. The Bertz CT molecular complexity index is 894. The van der Waals surface area contributed by atoms with E-state index in [9.17, 15) is 14.4 Å². The third kappa shape index (κ3) is 3.96. The summed E-state index contributed by atoms with van der Waals surface area (Å²) in [6.45, 7) is 2.53. The first-order chi connectivity index (χ1) is 12.5. The number of carbonyl (C=O) groups excluding carboxylic acids is 2. The Kier molecular flexibility index (Phi) is 5.42. The molecule has 2 heterocycles. The van der Waals surface area contributed by atoms with Gasteiger partial charge in [-0.25, -0.2) is 0 Å². The van der Waals surface area contributed by atoms with E-state index < -0.39 is 0 Å². The van der Waals surface area contributed by atoms with Crippen molar-refractivity contribution in [3.8, 4) is 0 Å². The molecule has 1 aromatic carbocycles. The van der Waals surface area contributed by atoms with Gasteiger partial charge < -0.3 is 14.8 Å². The van der Waals surface area contributed by atoms with E-state index in [1.807, 2.05) is 19.1 Å². The summed E-state index contributed by atoms with van der Waals surface area (Å²) >= 11 is 6.16. The summed E-state index contributed by atoms with van der Waals surface area (Å²) in [6.07, 6.45) is 0.419. The van der Waals surface area contributed by atoms with E-state index in [1.54, 1.807) is 33.7 Å². The van der Waals surface area contributed by atoms with Gasteiger partial charge in [0.1, 0.15) is 0 Å². The van der Waals surface area contributed by atoms with E-state index in [1.165, 1.54) is 6.07 Å². The predicted molar refractivity (Wildman–Crippen MR) is 100 cm³/mol. The molecule has 136 valence electrons. The largest absolute Gasteiger partial charge is 0.351 e. The molecule has 2 amide bonds. The number of nitrogens with zero attached hydrogens (tertiary/aromatic N) is 2. The number of pyridine rings is 1. The minimum absolute atomic E-state index is 0.0708. The molecule has 1 aliphatic rings. The van der Waals surface area contributed by atoms with Gasteiger partial charge in [-0.15, -0.1) is 0 Å². The average molecular weight is 374 g/mol. The third-order valence-corrected chi connectivity index (χ3v) is 4.78. The molecule has 2 aromatic rings. The van der Waals surface area contributed by atoms with Crippen LogP contribution in [0.25, 0.3) is 0 Å². The fourth-order valence-corrected chi connectivity index (χ4v) is 3.37. The summed E-state index contributed by atoms with van der Waals surface area (Å²) in [5, 5.41) is 3.38. The van der Waals surface area contributed by atoms with Gasteiger partial charge in [0.15, 0.2) is 0 Å². The smallest absolute Gasteiger partial charge is 0.250 e. The van der Waals surface area contributed by atoms with Crippen LogP contribution < -0.4 is 15.8 Å². The average Bonchev–Trinajstić information content (AvgIpc) is 2.95. The molecule has 1 aliphatic heterocycles. The summed E-state index contributed by atoms with van der Waals surface area (Å²) in [6, 6.07) is 11.9. The van der Waals surface area contributed by atoms with Crippen molar-refractivity contribution in [2.24, 2.45) is 0 Å². The van der Waals surface area contributed by atoms with Gasteiger partial charge in [0.25, 0.3) is 5.56 Å². The van der Waals surface area contributed by atoms with Crippen LogP contribution in [0, 0.1) is 6.92 Å². The van der Waals surface area contributed by atoms with E-state index in [-0.39, 0.29) is 36.3 Å². The minimum atomic E-state index is -0.264. The fraction of sp³-hybridized carbons (Fsp3) is 0.316. The van der Waals surface area contributed by atoms with E-state index in [0.717, 1.165) is 5.69 Å². The Labute approximate surface area is 156 Å². The first kappa shape index (κ1) is 18.2. The maximum absolute atomic E-state index is 12.3. The number of hydrogen-bond acceptors (Lipinski definition) is 3. The monoisotopic (exact) mass is 373 g/mol. The van der Waals surface area contributed by atoms with Gasteiger partial charge in [-0.3, -0.25) is 14.4 Å². The molecule has 0 bridgehead atoms. The van der Waals surface area contributed by atoms with Crippen molar-refractivity contribution < 1.29 is 9.59 Å². The van der Waals surface area contributed by atoms with E-state index in [4.69, 9.17) is 11.6 Å². The lowest BCUT2D eigenvalue weighted by Gasteiger charge is -2.18. The van der Waals surface area contributed by atoms with Crippen LogP contribution in [-0.2, 0) is 16.1 Å². The van der Waals surface area contributed by atoms with Gasteiger partial charge in [0.05, 0.1) is 16.8 Å². The van der Waals surface area contributed by atoms with Crippen molar-refractivity contribution in [1.29, 1.82) is 0 Å². The molecule has 1 N–H and O–H groups in total. The van der Waals surface area contributed by atoms with Gasteiger partial charge in [0, 0.05) is 37.7 Å². The second kappa shape index (κ2) is 7.74. The van der Waals surface area contributed by atoms with E-state index in [0.29, 0.717) is 23.8 Å². The van der Waals surface area contributed by atoms with Crippen molar-refractivity contribution in [3.05, 3.63) is 63.5 Å². The van der Waals surface area contributed by atoms with Crippen LogP contribution in [0.5, 0.6) is 0 Å². The molecule has 0 radical (unpaired) electrons. The lowest BCUT2D eigenvalue weighted by Crippen LogP contribution is -2.38. The quantitative estimate of drug-likeness (QED) is 0.872. The molecule has 1 atom stereocenters. The highest BCUT2D eigenvalue weighted by Gasteiger charge is 2.32. The molecule has 0 unspecified atom stereocenters. The lowest BCUT2D eigenvalue weighted by atomic mass is 10.2. The molecular weight excluding hydrogens is 354 g/mol. The first-order valence-corrected chi connectivity index (χ1v) is 8.84. The van der Waals surface area contributed by atoms with Crippen LogP contribution in [0.3, 0.4) is 0 Å². The zero-order valence-corrected chi connectivity index (χ0v) is 15.2. The first-order valence-electron chi connectivity index (χ1n) is 8.46. The Morgan fingerprint density at radius 1 is 1.19 bits per heavy atom. The maximum Gasteiger partial charge on any atom is 0.250 e. The van der Waals surface area contributed by atoms with Gasteiger partial charge in [-0.05, 0) is 25.1 Å². The van der Waals surface area contributed by atoms with Crippen LogP contribution in [-0.4, -0.2) is 29.0 Å². The summed E-state index contributed by atoms with van der Waals surface area (Å²) in [5.41, 5.74) is 1.34. The van der Waals surface area contributed by atoms with Gasteiger partial charge in [0.2, 0.25) is 11.8 Å². The van der Waals surface area contributed by atoms with Crippen molar-refractivity contribution in [2.75, 3.05) is 11.4 Å². The van der Waals surface area contributed by atoms with Gasteiger partial charge >= 0.3 is 0 Å². The number of para-hydroxylation sites is 1. The number of nitrogens with one attached hydrogen (secondary N) is 1. The second-order valence-electron chi connectivity index (χ2n) is 6.33. The third-order valence-electron chi connectivity index (χ3n) is 4.46. The van der Waals surface area contributed by atoms with Crippen LogP contribution in [0.2, 0.25) is 5.02 Å². The summed E-state index contributed by atoms with van der Waals surface area (Å²) in [7, 11) is 0. The number of hydrogen-bond donors (Lipinski definition) is 1. The van der Waals surface area contributed by atoms with Gasteiger partial charge in [-0.2, -0.15) is 0 Å². The highest BCUT2D eigenvalue weighted by molar-refractivity contribution is 6.33. The summed E-state index contributed by atoms with van der Waals surface area (Å²) in [5.74, 6) is -0.252. The Morgan fingerprint density at radius 3 is 2.69 bits per heavy atom. The molecular formula is C19H20ClN3O3. The second-order valence-corrected chi connectivity index (χ2v) is 6.74. The Balaban J connectivity index is 1.58. The topological polar surface area (TPSA) is 71.4 Å². The molecule has 0 aliphatic carbocycles. The van der Waals surface area contributed by atoms with E-state index >= 15 is 0 Å². The van der Waals surface area contributed by atoms with Crippen molar-refractivity contribution in [3.63, 3.8) is 0 Å². The minimum Gasteiger partial charge on any atom is -0.351 e. The lowest BCUT2D eigenvalue weighted by molar-refractivity contribution is -0.122. The zero-order chi connectivity index (χ0) is 18.7. The van der Waals surface area contributed by atoms with Crippen molar-refractivity contribution >= 4 is 29.1 Å². The highest BCUT2D eigenvalue weighted by atomic mass is 35.5. The van der Waals surface area contributed by atoms with Crippen LogP contribution >= 0.6 is 11.6 Å². The molecule has 7 heteroatoms. The van der Waals surface area contributed by atoms with Crippen LogP contribution in [0.4, 0.5) is 5.69 Å².